The summed E-state index contributed by atoms with van der Waals surface area (Å²) in [7, 11) is 0. The molecular formula is C11H9Br3O2. The van der Waals surface area contributed by atoms with Gasteiger partial charge in [0, 0.05) is 6.08 Å². The van der Waals surface area contributed by atoms with E-state index in [9.17, 15) is 4.79 Å². The first-order chi connectivity index (χ1) is 7.53. The van der Waals surface area contributed by atoms with Crippen molar-refractivity contribution in [2.75, 3.05) is 5.33 Å². The Morgan fingerprint density at radius 1 is 1.31 bits per heavy atom. The van der Waals surface area contributed by atoms with E-state index in [2.05, 4.69) is 47.8 Å². The lowest BCUT2D eigenvalue weighted by molar-refractivity contribution is -0.139. The third kappa shape index (κ3) is 5.27. The molecule has 2 nitrogen and oxygen atoms in total. The minimum absolute atomic E-state index is 0.419. The molecule has 0 radical (unpaired) electrons. The number of rotatable bonds is 4. The molecular weight excluding hydrogens is 404 g/mol. The molecule has 0 amide bonds. The number of esters is 1. The first-order valence-corrected chi connectivity index (χ1v) is 7.14. The maximum Gasteiger partial charge on any atom is 0.332 e. The first-order valence-electron chi connectivity index (χ1n) is 4.43. The number of carbonyl (C=O) groups is 1. The van der Waals surface area contributed by atoms with Crippen molar-refractivity contribution in [2.45, 2.75) is 3.42 Å². The second-order valence-electron chi connectivity index (χ2n) is 2.94. The summed E-state index contributed by atoms with van der Waals surface area (Å²) in [5.74, 6) is -0.419. The van der Waals surface area contributed by atoms with E-state index in [1.807, 2.05) is 30.3 Å². The van der Waals surface area contributed by atoms with Crippen molar-refractivity contribution in [3.8, 4) is 0 Å². The Bertz CT molecular complexity index is 374. The molecule has 16 heavy (non-hydrogen) atoms. The molecule has 0 aliphatic heterocycles. The van der Waals surface area contributed by atoms with Crippen LogP contribution >= 0.6 is 47.8 Å². The highest BCUT2D eigenvalue weighted by Gasteiger charge is 2.24. The van der Waals surface area contributed by atoms with Gasteiger partial charge in [-0.25, -0.2) is 4.79 Å². The molecule has 1 rings (SSSR count). The highest BCUT2D eigenvalue weighted by molar-refractivity contribution is 9.26. The molecule has 0 aliphatic rings. The van der Waals surface area contributed by atoms with Crippen molar-refractivity contribution >= 4 is 59.8 Å². The first kappa shape index (κ1) is 13.9. The van der Waals surface area contributed by atoms with Crippen molar-refractivity contribution in [3.05, 3.63) is 42.0 Å². The summed E-state index contributed by atoms with van der Waals surface area (Å²) >= 11 is 9.60. The van der Waals surface area contributed by atoms with Crippen LogP contribution in [0, 0.1) is 0 Å². The molecule has 0 atom stereocenters. The van der Waals surface area contributed by atoms with Crippen LogP contribution in [0.15, 0.2) is 36.4 Å². The molecule has 0 heterocycles. The quantitative estimate of drug-likeness (QED) is 0.423. The monoisotopic (exact) mass is 410 g/mol. The van der Waals surface area contributed by atoms with E-state index < -0.39 is 9.39 Å². The van der Waals surface area contributed by atoms with Crippen LogP contribution in [0.4, 0.5) is 0 Å². The third-order valence-electron chi connectivity index (χ3n) is 1.62. The molecule has 5 heteroatoms. The molecule has 0 aromatic heterocycles. The van der Waals surface area contributed by atoms with Gasteiger partial charge in [-0.1, -0.05) is 46.3 Å². The van der Waals surface area contributed by atoms with Crippen LogP contribution in [0.25, 0.3) is 6.08 Å². The maximum absolute atomic E-state index is 11.4. The Morgan fingerprint density at radius 2 is 1.94 bits per heavy atom. The molecule has 1 aromatic rings. The molecule has 0 bridgehead atoms. The number of alkyl halides is 3. The molecule has 0 unspecified atom stereocenters. The molecule has 0 N–H and O–H groups in total. The lowest BCUT2D eigenvalue weighted by atomic mass is 10.2. The number of hydrogen-bond acceptors (Lipinski definition) is 2. The Labute approximate surface area is 119 Å². The highest BCUT2D eigenvalue weighted by atomic mass is 79.9. The van der Waals surface area contributed by atoms with Crippen molar-refractivity contribution in [2.24, 2.45) is 0 Å². The second kappa shape index (κ2) is 6.57. The molecule has 1 aromatic carbocycles. The van der Waals surface area contributed by atoms with Crippen molar-refractivity contribution < 1.29 is 9.53 Å². The number of halogens is 3. The van der Waals surface area contributed by atoms with Gasteiger partial charge >= 0.3 is 5.97 Å². The fourth-order valence-corrected chi connectivity index (χ4v) is 1.37. The zero-order chi connectivity index (χ0) is 12.0. The van der Waals surface area contributed by atoms with E-state index in [1.54, 1.807) is 6.08 Å². The summed E-state index contributed by atoms with van der Waals surface area (Å²) in [5.41, 5.74) is 0.952. The topological polar surface area (TPSA) is 26.3 Å². The molecule has 86 valence electrons. The molecule has 0 spiro atoms. The number of benzene rings is 1. The van der Waals surface area contributed by atoms with Gasteiger partial charge in [-0.3, -0.25) is 0 Å². The summed E-state index contributed by atoms with van der Waals surface area (Å²) < 4.78 is 4.22. The van der Waals surface area contributed by atoms with Gasteiger partial charge in [-0.05, 0) is 43.5 Å². The van der Waals surface area contributed by atoms with E-state index in [4.69, 9.17) is 4.74 Å². The van der Waals surface area contributed by atoms with E-state index in [-0.39, 0.29) is 0 Å². The summed E-state index contributed by atoms with van der Waals surface area (Å²) in [6.07, 6.45) is 3.09. The average molecular weight is 413 g/mol. The fraction of sp³-hybridized carbons (Fsp3) is 0.182. The molecule has 0 aliphatic carbocycles. The lowest BCUT2D eigenvalue weighted by Crippen LogP contribution is -2.21. The Kier molecular flexibility index (Phi) is 5.72. The summed E-state index contributed by atoms with van der Waals surface area (Å²) in [6, 6.07) is 9.54. The average Bonchev–Trinajstić information content (AvgIpc) is 2.27. The predicted octanol–water partition coefficient (Wildman–Crippen LogP) is 4.08. The zero-order valence-corrected chi connectivity index (χ0v) is 13.0. The lowest BCUT2D eigenvalue weighted by Gasteiger charge is -2.16. The minimum Gasteiger partial charge on any atom is -0.433 e. The summed E-state index contributed by atoms with van der Waals surface area (Å²) in [4.78, 5) is 11.4. The fourth-order valence-electron chi connectivity index (χ4n) is 0.937. The van der Waals surface area contributed by atoms with Crippen molar-refractivity contribution in [1.29, 1.82) is 0 Å². The largest absolute Gasteiger partial charge is 0.433 e. The second-order valence-corrected chi connectivity index (χ2v) is 7.12. The SMILES string of the molecule is O=C(/C=C/c1ccccc1)OC(Br)(Br)CBr. The van der Waals surface area contributed by atoms with Gasteiger partial charge < -0.3 is 4.74 Å². The standard InChI is InChI=1S/C11H9Br3O2/c12-8-11(13,14)16-10(15)7-6-9-4-2-1-3-5-9/h1-7H,8H2/b7-6+. The Hall–Kier alpha value is -0.130. The van der Waals surface area contributed by atoms with Crippen LogP contribution in [0.3, 0.4) is 0 Å². The normalized spacial score (nSPS) is 11.7. The van der Waals surface area contributed by atoms with Crippen LogP contribution in [-0.2, 0) is 9.53 Å². The summed E-state index contributed by atoms with van der Waals surface area (Å²) in [5, 5.41) is 0.449. The van der Waals surface area contributed by atoms with E-state index >= 15 is 0 Å². The Morgan fingerprint density at radius 3 is 2.50 bits per heavy atom. The van der Waals surface area contributed by atoms with Gasteiger partial charge in [-0.15, -0.1) is 0 Å². The Balaban J connectivity index is 2.56. The number of ether oxygens (including phenoxy) is 1. The third-order valence-corrected chi connectivity index (χ3v) is 4.80. The van der Waals surface area contributed by atoms with Gasteiger partial charge in [0.05, 0.1) is 5.33 Å². The van der Waals surface area contributed by atoms with Gasteiger partial charge in [-0.2, -0.15) is 0 Å². The van der Waals surface area contributed by atoms with E-state index in [0.29, 0.717) is 5.33 Å². The van der Waals surface area contributed by atoms with Gasteiger partial charge in [0.15, 0.2) is 0 Å². The van der Waals surface area contributed by atoms with Crippen LogP contribution < -0.4 is 0 Å². The smallest absolute Gasteiger partial charge is 0.332 e. The van der Waals surface area contributed by atoms with Crippen LogP contribution in [0.2, 0.25) is 0 Å². The van der Waals surface area contributed by atoms with Crippen LogP contribution in [-0.4, -0.2) is 14.7 Å². The molecule has 0 saturated carbocycles. The molecule has 0 fully saturated rings. The number of hydrogen-bond donors (Lipinski definition) is 0. The van der Waals surface area contributed by atoms with Crippen LogP contribution in [0.1, 0.15) is 5.56 Å². The van der Waals surface area contributed by atoms with Gasteiger partial charge in [0.25, 0.3) is 0 Å². The number of carbonyl (C=O) groups excluding carboxylic acids is 1. The minimum atomic E-state index is -0.849. The van der Waals surface area contributed by atoms with Crippen molar-refractivity contribution in [3.63, 3.8) is 0 Å². The van der Waals surface area contributed by atoms with Crippen molar-refractivity contribution in [1.82, 2.24) is 0 Å². The van der Waals surface area contributed by atoms with E-state index in [0.717, 1.165) is 5.56 Å². The van der Waals surface area contributed by atoms with Gasteiger partial charge in [0.2, 0.25) is 3.42 Å². The van der Waals surface area contributed by atoms with Gasteiger partial charge in [0.1, 0.15) is 0 Å². The predicted molar refractivity (Wildman–Crippen MR) is 75.9 cm³/mol. The summed E-state index contributed by atoms with van der Waals surface area (Å²) in [6.45, 7) is 0. The zero-order valence-electron chi connectivity index (χ0n) is 8.20. The van der Waals surface area contributed by atoms with Crippen LogP contribution in [0.5, 0.6) is 0 Å². The molecule has 0 saturated heterocycles. The highest BCUT2D eigenvalue weighted by Crippen LogP contribution is 2.29. The van der Waals surface area contributed by atoms with E-state index in [1.165, 1.54) is 6.08 Å². The maximum atomic E-state index is 11.4.